The summed E-state index contributed by atoms with van der Waals surface area (Å²) in [5.41, 5.74) is 0. The molecule has 0 aromatic rings. The van der Waals surface area contributed by atoms with Crippen LogP contribution in [0.15, 0.2) is 37.0 Å². The summed E-state index contributed by atoms with van der Waals surface area (Å²) in [5, 5.41) is 3.06. The Morgan fingerprint density at radius 2 is 1.95 bits per heavy atom. The SMILES string of the molecule is C1=CC2CCC1C2.C=C1NC=CN1CCCCCC. The molecular formula is C17H28N2. The van der Waals surface area contributed by atoms with Crippen LogP contribution in [0.5, 0.6) is 0 Å². The van der Waals surface area contributed by atoms with Gasteiger partial charge in [-0.25, -0.2) is 0 Å². The molecule has 1 fully saturated rings. The lowest BCUT2D eigenvalue weighted by Crippen LogP contribution is -2.18. The molecule has 3 aliphatic rings. The molecule has 2 bridgehead atoms. The second-order valence-electron chi connectivity index (χ2n) is 5.88. The van der Waals surface area contributed by atoms with Gasteiger partial charge in [-0.1, -0.05) is 44.9 Å². The summed E-state index contributed by atoms with van der Waals surface area (Å²) < 4.78 is 0. The Hall–Kier alpha value is -1.18. The van der Waals surface area contributed by atoms with E-state index in [1.54, 1.807) is 0 Å². The average molecular weight is 260 g/mol. The lowest BCUT2D eigenvalue weighted by Gasteiger charge is -2.15. The van der Waals surface area contributed by atoms with Crippen LogP contribution < -0.4 is 5.32 Å². The molecule has 0 aromatic heterocycles. The summed E-state index contributed by atoms with van der Waals surface area (Å²) in [6.45, 7) is 7.22. The topological polar surface area (TPSA) is 15.3 Å². The first-order valence-electron chi connectivity index (χ1n) is 7.86. The molecular weight excluding hydrogens is 232 g/mol. The van der Waals surface area contributed by atoms with Gasteiger partial charge in [0.1, 0.15) is 5.82 Å². The van der Waals surface area contributed by atoms with Crippen LogP contribution in [0.2, 0.25) is 0 Å². The van der Waals surface area contributed by atoms with Gasteiger partial charge in [-0.15, -0.1) is 0 Å². The van der Waals surface area contributed by atoms with E-state index in [-0.39, 0.29) is 0 Å². The minimum atomic E-state index is 0.991. The Morgan fingerprint density at radius 3 is 2.37 bits per heavy atom. The number of hydrogen-bond donors (Lipinski definition) is 1. The van der Waals surface area contributed by atoms with E-state index in [1.807, 2.05) is 12.4 Å². The number of allylic oxidation sites excluding steroid dienone is 2. The molecule has 1 heterocycles. The number of hydrogen-bond acceptors (Lipinski definition) is 2. The van der Waals surface area contributed by atoms with Gasteiger partial charge in [-0.3, -0.25) is 0 Å². The lowest BCUT2D eigenvalue weighted by atomic mass is 10.1. The van der Waals surface area contributed by atoms with Crippen molar-refractivity contribution in [1.82, 2.24) is 10.2 Å². The van der Waals surface area contributed by atoms with Crippen LogP contribution >= 0.6 is 0 Å². The molecule has 0 radical (unpaired) electrons. The van der Waals surface area contributed by atoms with E-state index in [0.29, 0.717) is 0 Å². The van der Waals surface area contributed by atoms with Crippen LogP contribution in [0.1, 0.15) is 51.9 Å². The second kappa shape index (κ2) is 7.42. The normalized spacial score (nSPS) is 26.6. The zero-order chi connectivity index (χ0) is 13.5. The van der Waals surface area contributed by atoms with Crippen molar-refractivity contribution in [3.05, 3.63) is 37.0 Å². The third-order valence-electron chi connectivity index (χ3n) is 4.27. The van der Waals surface area contributed by atoms with Gasteiger partial charge in [-0.2, -0.15) is 0 Å². The summed E-state index contributed by atoms with van der Waals surface area (Å²) in [7, 11) is 0. The first-order chi connectivity index (χ1) is 9.29. The molecule has 1 saturated carbocycles. The first kappa shape index (κ1) is 14.2. The van der Waals surface area contributed by atoms with Crippen molar-refractivity contribution >= 4 is 0 Å². The smallest absolute Gasteiger partial charge is 0.102 e. The quantitative estimate of drug-likeness (QED) is 0.582. The molecule has 2 heteroatoms. The van der Waals surface area contributed by atoms with Crippen molar-refractivity contribution in [2.45, 2.75) is 51.9 Å². The van der Waals surface area contributed by atoms with Crippen molar-refractivity contribution in [2.24, 2.45) is 11.8 Å². The highest BCUT2D eigenvalue weighted by Crippen LogP contribution is 2.38. The fraction of sp³-hybridized carbons (Fsp3) is 0.647. The first-order valence-corrected chi connectivity index (χ1v) is 7.86. The standard InChI is InChI=1S/C10H18N2.C7H10/c1-3-4-5-6-8-12-9-7-11-10(12)2;1-2-7-4-3-6(1)5-7/h7,9,11H,2-6,8H2,1H3;1-2,6-7H,3-5H2. The second-order valence-corrected chi connectivity index (χ2v) is 5.88. The zero-order valence-electron chi connectivity index (χ0n) is 12.3. The third kappa shape index (κ3) is 4.45. The summed E-state index contributed by atoms with van der Waals surface area (Å²) in [4.78, 5) is 2.16. The van der Waals surface area contributed by atoms with Crippen molar-refractivity contribution in [3.8, 4) is 0 Å². The predicted molar refractivity (Wildman–Crippen MR) is 82.2 cm³/mol. The summed E-state index contributed by atoms with van der Waals surface area (Å²) in [5.74, 6) is 2.99. The van der Waals surface area contributed by atoms with Gasteiger partial charge >= 0.3 is 0 Å². The molecule has 0 aromatic carbocycles. The Morgan fingerprint density at radius 1 is 1.21 bits per heavy atom. The summed E-state index contributed by atoms with van der Waals surface area (Å²) in [6, 6.07) is 0. The van der Waals surface area contributed by atoms with E-state index < -0.39 is 0 Å². The molecule has 2 aliphatic carbocycles. The van der Waals surface area contributed by atoms with E-state index in [2.05, 4.69) is 35.9 Å². The van der Waals surface area contributed by atoms with Crippen LogP contribution in [0, 0.1) is 11.8 Å². The molecule has 0 spiro atoms. The van der Waals surface area contributed by atoms with E-state index in [9.17, 15) is 0 Å². The van der Waals surface area contributed by atoms with E-state index >= 15 is 0 Å². The number of nitrogens with one attached hydrogen (secondary N) is 1. The van der Waals surface area contributed by atoms with E-state index in [0.717, 1.165) is 24.2 Å². The minimum absolute atomic E-state index is 0.991. The van der Waals surface area contributed by atoms with Crippen LogP contribution in [-0.4, -0.2) is 11.4 Å². The highest BCUT2D eigenvalue weighted by molar-refractivity contribution is 5.08. The van der Waals surface area contributed by atoms with Gasteiger partial charge in [0.2, 0.25) is 0 Å². The number of fused-ring (bicyclic) bond motifs is 2. The maximum atomic E-state index is 3.89. The molecule has 1 aliphatic heterocycles. The van der Waals surface area contributed by atoms with Crippen LogP contribution in [-0.2, 0) is 0 Å². The number of unbranched alkanes of at least 4 members (excludes halogenated alkanes) is 3. The Labute approximate surface area is 118 Å². The van der Waals surface area contributed by atoms with E-state index in [4.69, 9.17) is 0 Å². The predicted octanol–water partition coefficient (Wildman–Crippen LogP) is 4.39. The average Bonchev–Trinajstić information content (AvgIpc) is 3.14. The van der Waals surface area contributed by atoms with Gasteiger partial charge in [0, 0.05) is 18.9 Å². The summed E-state index contributed by atoms with van der Waals surface area (Å²) >= 11 is 0. The highest BCUT2D eigenvalue weighted by Gasteiger charge is 2.25. The molecule has 2 atom stereocenters. The number of nitrogens with zero attached hydrogens (tertiary/aromatic N) is 1. The monoisotopic (exact) mass is 260 g/mol. The van der Waals surface area contributed by atoms with Gasteiger partial charge in [0.25, 0.3) is 0 Å². The van der Waals surface area contributed by atoms with Gasteiger partial charge in [-0.05, 0) is 37.5 Å². The summed E-state index contributed by atoms with van der Waals surface area (Å²) in [6.07, 6.45) is 18.4. The highest BCUT2D eigenvalue weighted by atomic mass is 15.3. The number of rotatable bonds is 5. The Kier molecular flexibility index (Phi) is 5.56. The molecule has 1 N–H and O–H groups in total. The maximum Gasteiger partial charge on any atom is 0.102 e. The third-order valence-corrected chi connectivity index (χ3v) is 4.27. The van der Waals surface area contributed by atoms with Crippen molar-refractivity contribution in [3.63, 3.8) is 0 Å². The largest absolute Gasteiger partial charge is 0.347 e. The molecule has 3 rings (SSSR count). The van der Waals surface area contributed by atoms with Crippen LogP contribution in [0.3, 0.4) is 0 Å². The molecule has 0 saturated heterocycles. The van der Waals surface area contributed by atoms with Gasteiger partial charge in [0.05, 0.1) is 0 Å². The van der Waals surface area contributed by atoms with Crippen LogP contribution in [0.4, 0.5) is 0 Å². The molecule has 2 unspecified atom stereocenters. The van der Waals surface area contributed by atoms with Crippen LogP contribution in [0.25, 0.3) is 0 Å². The molecule has 106 valence electrons. The Bertz CT molecular complexity index is 331. The molecule has 19 heavy (non-hydrogen) atoms. The van der Waals surface area contributed by atoms with Gasteiger partial charge < -0.3 is 10.2 Å². The fourth-order valence-corrected chi connectivity index (χ4v) is 3.03. The van der Waals surface area contributed by atoms with Gasteiger partial charge in [0.15, 0.2) is 0 Å². The maximum absolute atomic E-state index is 3.89. The molecule has 0 amide bonds. The minimum Gasteiger partial charge on any atom is -0.347 e. The van der Waals surface area contributed by atoms with Crippen molar-refractivity contribution in [1.29, 1.82) is 0 Å². The Balaban J connectivity index is 0.000000159. The molecule has 2 nitrogen and oxygen atoms in total. The van der Waals surface area contributed by atoms with Crippen molar-refractivity contribution in [2.75, 3.05) is 6.54 Å². The van der Waals surface area contributed by atoms with E-state index in [1.165, 1.54) is 44.9 Å². The fourth-order valence-electron chi connectivity index (χ4n) is 3.03. The lowest BCUT2D eigenvalue weighted by molar-refractivity contribution is 0.443. The zero-order valence-corrected chi connectivity index (χ0v) is 12.3. The van der Waals surface area contributed by atoms with Crippen molar-refractivity contribution < 1.29 is 0 Å².